The monoisotopic (exact) mass is 219 g/mol. The summed E-state index contributed by atoms with van der Waals surface area (Å²) >= 11 is 0. The number of carbonyl (C=O) groups is 3. The highest BCUT2D eigenvalue weighted by Crippen LogP contribution is 2.28. The standard InChI is InChI=1S/C11H9NO4/c1-16-6-9(13)12-8-5-3-2-4-7(8)10(14)11(12)15/h2-5H,6H2,1H3. The SMILES string of the molecule is COCC(=O)N1C(=O)C(=O)c2ccccc21. The predicted octanol–water partition coefficient (Wildman–Crippen LogP) is 0.389. The molecule has 0 spiro atoms. The number of nitrogens with zero attached hydrogens (tertiary/aromatic N) is 1. The quantitative estimate of drug-likeness (QED) is 0.675. The van der Waals surface area contributed by atoms with E-state index >= 15 is 0 Å². The zero-order valence-corrected chi connectivity index (χ0v) is 8.60. The Morgan fingerprint density at radius 2 is 2.00 bits per heavy atom. The van der Waals surface area contributed by atoms with Crippen molar-refractivity contribution >= 4 is 23.3 Å². The smallest absolute Gasteiger partial charge is 0.306 e. The fraction of sp³-hybridized carbons (Fsp3) is 0.182. The van der Waals surface area contributed by atoms with Gasteiger partial charge in [-0.25, -0.2) is 4.90 Å². The zero-order valence-electron chi connectivity index (χ0n) is 8.60. The summed E-state index contributed by atoms with van der Waals surface area (Å²) in [6.07, 6.45) is 0. The summed E-state index contributed by atoms with van der Waals surface area (Å²) in [5.74, 6) is -2.01. The summed E-state index contributed by atoms with van der Waals surface area (Å²) in [6, 6.07) is 6.40. The van der Waals surface area contributed by atoms with Gasteiger partial charge in [-0.3, -0.25) is 14.4 Å². The summed E-state index contributed by atoms with van der Waals surface area (Å²) < 4.78 is 4.66. The lowest BCUT2D eigenvalue weighted by Gasteiger charge is -2.13. The van der Waals surface area contributed by atoms with Crippen LogP contribution in [0.3, 0.4) is 0 Å². The van der Waals surface area contributed by atoms with E-state index in [9.17, 15) is 14.4 Å². The van der Waals surface area contributed by atoms with Gasteiger partial charge in [0.2, 0.25) is 0 Å². The Morgan fingerprint density at radius 1 is 1.31 bits per heavy atom. The Balaban J connectivity index is 2.45. The number of ketones is 1. The predicted molar refractivity (Wildman–Crippen MR) is 55.1 cm³/mol. The third-order valence-corrected chi connectivity index (χ3v) is 2.30. The molecule has 1 heterocycles. The van der Waals surface area contributed by atoms with Crippen molar-refractivity contribution in [2.75, 3.05) is 18.6 Å². The molecule has 5 heteroatoms. The second-order valence-corrected chi connectivity index (χ2v) is 3.31. The van der Waals surface area contributed by atoms with Crippen molar-refractivity contribution in [1.82, 2.24) is 0 Å². The lowest BCUT2D eigenvalue weighted by Crippen LogP contribution is -2.38. The minimum Gasteiger partial charge on any atom is -0.375 e. The molecule has 0 radical (unpaired) electrons. The average molecular weight is 219 g/mol. The van der Waals surface area contributed by atoms with Crippen molar-refractivity contribution in [1.29, 1.82) is 0 Å². The molecule has 16 heavy (non-hydrogen) atoms. The lowest BCUT2D eigenvalue weighted by molar-refractivity contribution is -0.126. The number of ether oxygens (including phenoxy) is 1. The van der Waals surface area contributed by atoms with E-state index < -0.39 is 17.6 Å². The van der Waals surface area contributed by atoms with Crippen LogP contribution in [0.5, 0.6) is 0 Å². The normalized spacial score (nSPS) is 14.2. The van der Waals surface area contributed by atoms with Gasteiger partial charge >= 0.3 is 5.91 Å². The molecule has 0 unspecified atom stereocenters. The number of imide groups is 1. The van der Waals surface area contributed by atoms with Crippen molar-refractivity contribution in [2.45, 2.75) is 0 Å². The molecule has 0 atom stereocenters. The van der Waals surface area contributed by atoms with E-state index in [2.05, 4.69) is 4.74 Å². The highest BCUT2D eigenvalue weighted by molar-refractivity contribution is 6.56. The topological polar surface area (TPSA) is 63.7 Å². The molecule has 0 N–H and O–H groups in total. The number of rotatable bonds is 2. The lowest BCUT2D eigenvalue weighted by atomic mass is 10.1. The van der Waals surface area contributed by atoms with Crippen molar-refractivity contribution in [3.63, 3.8) is 0 Å². The molecule has 1 aromatic rings. The molecule has 0 fully saturated rings. The van der Waals surface area contributed by atoms with E-state index in [1.807, 2.05) is 0 Å². The number of hydrogen-bond acceptors (Lipinski definition) is 4. The third kappa shape index (κ3) is 1.42. The highest BCUT2D eigenvalue weighted by Gasteiger charge is 2.39. The van der Waals surface area contributed by atoms with Gasteiger partial charge in [-0.1, -0.05) is 12.1 Å². The summed E-state index contributed by atoms with van der Waals surface area (Å²) in [7, 11) is 1.35. The van der Waals surface area contributed by atoms with E-state index in [0.717, 1.165) is 4.90 Å². The van der Waals surface area contributed by atoms with Crippen LogP contribution in [-0.2, 0) is 14.3 Å². The minimum absolute atomic E-state index is 0.229. The zero-order chi connectivity index (χ0) is 11.7. The molecule has 2 rings (SSSR count). The number of fused-ring (bicyclic) bond motifs is 1. The highest BCUT2D eigenvalue weighted by atomic mass is 16.5. The molecule has 1 aliphatic heterocycles. The average Bonchev–Trinajstić information content (AvgIpc) is 2.53. The number of methoxy groups -OCH3 is 1. The molecule has 0 saturated heterocycles. The number of para-hydroxylation sites is 1. The number of carbonyl (C=O) groups excluding carboxylic acids is 3. The molecule has 0 saturated carbocycles. The van der Waals surface area contributed by atoms with Crippen LogP contribution in [0.2, 0.25) is 0 Å². The van der Waals surface area contributed by atoms with Crippen molar-refractivity contribution in [3.05, 3.63) is 29.8 Å². The van der Waals surface area contributed by atoms with Gasteiger partial charge < -0.3 is 4.74 Å². The molecule has 5 nitrogen and oxygen atoms in total. The number of amides is 2. The van der Waals surface area contributed by atoms with Gasteiger partial charge in [0.25, 0.3) is 11.7 Å². The van der Waals surface area contributed by atoms with E-state index in [-0.39, 0.29) is 12.2 Å². The van der Waals surface area contributed by atoms with Gasteiger partial charge in [0.05, 0.1) is 11.3 Å². The molecule has 0 bridgehead atoms. The van der Waals surface area contributed by atoms with Crippen LogP contribution in [0.15, 0.2) is 24.3 Å². The molecular weight excluding hydrogens is 210 g/mol. The van der Waals surface area contributed by atoms with Crippen LogP contribution in [-0.4, -0.2) is 31.3 Å². The fourth-order valence-corrected chi connectivity index (χ4v) is 1.62. The second-order valence-electron chi connectivity index (χ2n) is 3.31. The third-order valence-electron chi connectivity index (χ3n) is 2.30. The van der Waals surface area contributed by atoms with E-state index in [0.29, 0.717) is 5.69 Å². The largest absolute Gasteiger partial charge is 0.375 e. The second kappa shape index (κ2) is 3.86. The Bertz CT molecular complexity index is 481. The minimum atomic E-state index is -0.816. The molecule has 0 aromatic heterocycles. The van der Waals surface area contributed by atoms with Crippen LogP contribution < -0.4 is 4.90 Å². The number of Topliss-reactive ketones (excluding diaryl/α,β-unsaturated/α-hetero) is 1. The molecule has 1 aromatic carbocycles. The summed E-state index contributed by atoms with van der Waals surface area (Å²) in [4.78, 5) is 35.6. The first-order chi connectivity index (χ1) is 7.66. The Labute approximate surface area is 91.6 Å². The number of benzene rings is 1. The summed E-state index contributed by atoms with van der Waals surface area (Å²) in [6.45, 7) is -0.229. The maximum Gasteiger partial charge on any atom is 0.306 e. The van der Waals surface area contributed by atoms with Gasteiger partial charge in [0.15, 0.2) is 0 Å². The maximum absolute atomic E-state index is 11.6. The van der Waals surface area contributed by atoms with Crippen molar-refractivity contribution in [2.24, 2.45) is 0 Å². The Hall–Kier alpha value is -2.01. The van der Waals surface area contributed by atoms with Gasteiger partial charge in [0, 0.05) is 7.11 Å². The van der Waals surface area contributed by atoms with E-state index in [4.69, 9.17) is 0 Å². The molecule has 2 amide bonds. The van der Waals surface area contributed by atoms with E-state index in [1.54, 1.807) is 18.2 Å². The molecule has 1 aliphatic rings. The summed E-state index contributed by atoms with van der Waals surface area (Å²) in [5.41, 5.74) is 0.594. The first-order valence-corrected chi connectivity index (χ1v) is 4.66. The van der Waals surface area contributed by atoms with Gasteiger partial charge in [-0.2, -0.15) is 0 Å². The van der Waals surface area contributed by atoms with Gasteiger partial charge in [-0.05, 0) is 12.1 Å². The van der Waals surface area contributed by atoms with Crippen LogP contribution in [0.4, 0.5) is 5.69 Å². The molecular formula is C11H9NO4. The van der Waals surface area contributed by atoms with Crippen LogP contribution in [0, 0.1) is 0 Å². The van der Waals surface area contributed by atoms with Crippen molar-refractivity contribution in [3.8, 4) is 0 Å². The number of hydrogen-bond donors (Lipinski definition) is 0. The first-order valence-electron chi connectivity index (χ1n) is 4.66. The van der Waals surface area contributed by atoms with Crippen LogP contribution in [0.1, 0.15) is 10.4 Å². The van der Waals surface area contributed by atoms with Crippen molar-refractivity contribution < 1.29 is 19.1 Å². The summed E-state index contributed by atoms with van der Waals surface area (Å²) in [5, 5.41) is 0. The van der Waals surface area contributed by atoms with E-state index in [1.165, 1.54) is 13.2 Å². The Morgan fingerprint density at radius 3 is 2.69 bits per heavy atom. The Kier molecular flexibility index (Phi) is 2.54. The fourth-order valence-electron chi connectivity index (χ4n) is 1.62. The molecule has 0 aliphatic carbocycles. The number of anilines is 1. The molecule has 82 valence electrons. The van der Waals surface area contributed by atoms with Gasteiger partial charge in [-0.15, -0.1) is 0 Å². The first kappa shape index (κ1) is 10.5. The maximum atomic E-state index is 11.6. The van der Waals surface area contributed by atoms with Crippen LogP contribution >= 0.6 is 0 Å². The van der Waals surface area contributed by atoms with Gasteiger partial charge in [0.1, 0.15) is 6.61 Å². The van der Waals surface area contributed by atoms with Crippen LogP contribution in [0.25, 0.3) is 0 Å².